The highest BCUT2D eigenvalue weighted by Crippen LogP contribution is 2.35. The third kappa shape index (κ3) is 4.04. The van der Waals surface area contributed by atoms with E-state index in [2.05, 4.69) is 19.9 Å². The number of rotatable bonds is 6. The van der Waals surface area contributed by atoms with E-state index in [1.165, 1.54) is 6.33 Å². The molecule has 1 fully saturated rings. The largest absolute Gasteiger partial charge is 0.383 e. The molecule has 2 aromatic carbocycles. The van der Waals surface area contributed by atoms with Crippen LogP contribution in [0.5, 0.6) is 0 Å². The summed E-state index contributed by atoms with van der Waals surface area (Å²) in [6.45, 7) is 0.0863. The van der Waals surface area contributed by atoms with Gasteiger partial charge in [-0.25, -0.2) is 18.7 Å². The molecule has 1 aliphatic rings. The minimum Gasteiger partial charge on any atom is -0.383 e. The molecule has 1 saturated carbocycles. The molecule has 0 atom stereocenters. The first-order chi connectivity index (χ1) is 16.0. The third-order valence-electron chi connectivity index (χ3n) is 6.22. The molecule has 8 heteroatoms. The summed E-state index contributed by atoms with van der Waals surface area (Å²) in [6, 6.07) is 10.5. The van der Waals surface area contributed by atoms with Gasteiger partial charge in [-0.3, -0.25) is 4.79 Å². The van der Waals surface area contributed by atoms with Gasteiger partial charge >= 0.3 is 0 Å². The number of fused-ring (bicyclic) bond motifs is 1. The molecule has 33 heavy (non-hydrogen) atoms. The van der Waals surface area contributed by atoms with Crippen molar-refractivity contribution in [1.82, 2.24) is 14.5 Å². The van der Waals surface area contributed by atoms with E-state index in [4.69, 9.17) is 5.73 Å². The molecule has 2 aromatic heterocycles. The van der Waals surface area contributed by atoms with Gasteiger partial charge in [-0.2, -0.15) is 0 Å². The number of ketones is 1. The molecule has 0 unspecified atom stereocenters. The minimum atomic E-state index is -0.504. The van der Waals surface area contributed by atoms with Crippen molar-refractivity contribution in [2.75, 3.05) is 11.1 Å². The first kappa shape index (κ1) is 21.1. The Labute approximate surface area is 189 Å². The van der Waals surface area contributed by atoms with Crippen molar-refractivity contribution in [3.63, 3.8) is 0 Å². The van der Waals surface area contributed by atoms with Crippen LogP contribution >= 0.6 is 0 Å². The van der Waals surface area contributed by atoms with E-state index in [1.54, 1.807) is 24.3 Å². The van der Waals surface area contributed by atoms with Gasteiger partial charge in [-0.1, -0.05) is 25.0 Å². The summed E-state index contributed by atoms with van der Waals surface area (Å²) in [5.74, 6) is -0.920. The van der Waals surface area contributed by atoms with Crippen molar-refractivity contribution in [1.29, 1.82) is 0 Å². The molecule has 0 aliphatic heterocycles. The standard InChI is InChI=1S/C25H23F2N5O/c26-17-8-9-21(27)16(10-17)12-29-18-5-3-4-15(11-18)23(33)20-13-32(19-6-1-2-7-19)25-22(20)24(28)30-14-31-25/h3-5,8-11,13-14,19,29H,1-2,6-7,12H2,(H2,28,30,31). The van der Waals surface area contributed by atoms with Crippen molar-refractivity contribution >= 4 is 28.3 Å². The highest BCUT2D eigenvalue weighted by atomic mass is 19.1. The molecule has 0 bridgehead atoms. The Morgan fingerprint density at radius 2 is 1.94 bits per heavy atom. The zero-order valence-electron chi connectivity index (χ0n) is 17.9. The van der Waals surface area contributed by atoms with Gasteiger partial charge in [0.1, 0.15) is 29.4 Å². The Morgan fingerprint density at radius 1 is 1.12 bits per heavy atom. The first-order valence-corrected chi connectivity index (χ1v) is 10.9. The molecule has 2 heterocycles. The summed E-state index contributed by atoms with van der Waals surface area (Å²) in [4.78, 5) is 22.0. The maximum Gasteiger partial charge on any atom is 0.195 e. The van der Waals surface area contributed by atoms with Crippen LogP contribution in [0.4, 0.5) is 20.3 Å². The molecule has 6 nitrogen and oxygen atoms in total. The monoisotopic (exact) mass is 447 g/mol. The normalized spacial score (nSPS) is 14.1. The van der Waals surface area contributed by atoms with E-state index >= 15 is 0 Å². The van der Waals surface area contributed by atoms with Gasteiger partial charge in [0.15, 0.2) is 5.78 Å². The van der Waals surface area contributed by atoms with Crippen LogP contribution in [0.1, 0.15) is 53.2 Å². The Hall–Kier alpha value is -3.81. The number of hydrogen-bond acceptors (Lipinski definition) is 5. The van der Waals surface area contributed by atoms with Crippen LogP contribution in [0.2, 0.25) is 0 Å². The van der Waals surface area contributed by atoms with Crippen molar-refractivity contribution in [2.45, 2.75) is 38.3 Å². The lowest BCUT2D eigenvalue weighted by Crippen LogP contribution is -2.06. The summed E-state index contributed by atoms with van der Waals surface area (Å²) in [6.07, 6.45) is 7.64. The minimum absolute atomic E-state index is 0.0863. The lowest BCUT2D eigenvalue weighted by atomic mass is 10.0. The fourth-order valence-corrected chi connectivity index (χ4v) is 4.54. The van der Waals surface area contributed by atoms with Crippen molar-refractivity contribution in [3.05, 3.63) is 83.3 Å². The zero-order valence-corrected chi connectivity index (χ0v) is 17.9. The molecule has 0 amide bonds. The van der Waals surface area contributed by atoms with Gasteiger partial charge in [-0.15, -0.1) is 0 Å². The lowest BCUT2D eigenvalue weighted by Gasteiger charge is -2.12. The summed E-state index contributed by atoms with van der Waals surface area (Å²) >= 11 is 0. The number of anilines is 2. The number of hydrogen-bond donors (Lipinski definition) is 2. The van der Waals surface area contributed by atoms with E-state index < -0.39 is 11.6 Å². The van der Waals surface area contributed by atoms with E-state index in [0.717, 1.165) is 43.9 Å². The van der Waals surface area contributed by atoms with Crippen molar-refractivity contribution < 1.29 is 13.6 Å². The predicted molar refractivity (Wildman–Crippen MR) is 123 cm³/mol. The van der Waals surface area contributed by atoms with Gasteiger partial charge in [0.05, 0.1) is 10.9 Å². The second-order valence-corrected chi connectivity index (χ2v) is 8.35. The van der Waals surface area contributed by atoms with Gasteiger partial charge < -0.3 is 15.6 Å². The lowest BCUT2D eigenvalue weighted by molar-refractivity contribution is 0.104. The predicted octanol–water partition coefficient (Wildman–Crippen LogP) is 5.25. The maximum absolute atomic E-state index is 13.9. The fourth-order valence-electron chi connectivity index (χ4n) is 4.54. The Balaban J connectivity index is 1.46. The quantitative estimate of drug-likeness (QED) is 0.394. The summed E-state index contributed by atoms with van der Waals surface area (Å²) in [5.41, 5.74) is 8.57. The third-order valence-corrected chi connectivity index (χ3v) is 6.22. The van der Waals surface area contributed by atoms with Crippen LogP contribution in [-0.4, -0.2) is 20.3 Å². The van der Waals surface area contributed by atoms with Crippen molar-refractivity contribution in [2.24, 2.45) is 0 Å². The second-order valence-electron chi connectivity index (χ2n) is 8.35. The summed E-state index contributed by atoms with van der Waals surface area (Å²) < 4.78 is 29.4. The summed E-state index contributed by atoms with van der Waals surface area (Å²) in [5, 5.41) is 3.63. The Bertz CT molecular complexity index is 1340. The number of carbonyl (C=O) groups excluding carboxylic acids is 1. The van der Waals surface area contributed by atoms with Crippen LogP contribution in [0.25, 0.3) is 11.0 Å². The second kappa shape index (κ2) is 8.61. The average Bonchev–Trinajstić information content (AvgIpc) is 3.48. The molecule has 0 saturated heterocycles. The van der Waals surface area contributed by atoms with Gasteiger partial charge in [0.2, 0.25) is 0 Å². The molecular weight excluding hydrogens is 424 g/mol. The van der Waals surface area contributed by atoms with E-state index in [1.807, 2.05) is 6.20 Å². The van der Waals surface area contributed by atoms with Crippen LogP contribution in [0.15, 0.2) is 55.0 Å². The molecule has 1 aliphatic carbocycles. The highest BCUT2D eigenvalue weighted by Gasteiger charge is 2.25. The smallest absolute Gasteiger partial charge is 0.195 e. The first-order valence-electron chi connectivity index (χ1n) is 10.9. The maximum atomic E-state index is 13.9. The molecule has 4 aromatic rings. The molecule has 0 spiro atoms. The molecule has 0 radical (unpaired) electrons. The number of nitrogens with one attached hydrogen (secondary N) is 1. The van der Waals surface area contributed by atoms with Crippen LogP contribution in [0.3, 0.4) is 0 Å². The molecular formula is C25H23F2N5O. The van der Waals surface area contributed by atoms with Crippen LogP contribution in [0, 0.1) is 11.6 Å². The Morgan fingerprint density at radius 3 is 2.76 bits per heavy atom. The average molecular weight is 447 g/mol. The van der Waals surface area contributed by atoms with E-state index in [9.17, 15) is 13.6 Å². The number of halogens is 2. The Kier molecular flexibility index (Phi) is 5.50. The van der Waals surface area contributed by atoms with Gasteiger partial charge in [0, 0.05) is 35.6 Å². The number of nitrogens with zero attached hydrogens (tertiary/aromatic N) is 3. The number of carbonyl (C=O) groups is 1. The zero-order chi connectivity index (χ0) is 22.9. The van der Waals surface area contributed by atoms with E-state index in [0.29, 0.717) is 27.8 Å². The number of aromatic nitrogens is 3. The number of nitrogen functional groups attached to an aromatic ring is 1. The highest BCUT2D eigenvalue weighted by molar-refractivity contribution is 6.18. The number of benzene rings is 2. The number of nitrogens with two attached hydrogens (primary N) is 1. The van der Waals surface area contributed by atoms with Crippen LogP contribution in [-0.2, 0) is 6.54 Å². The summed E-state index contributed by atoms with van der Waals surface area (Å²) in [7, 11) is 0. The van der Waals surface area contributed by atoms with E-state index in [-0.39, 0.29) is 29.8 Å². The van der Waals surface area contributed by atoms with Gasteiger partial charge in [0.25, 0.3) is 0 Å². The van der Waals surface area contributed by atoms with Gasteiger partial charge in [-0.05, 0) is 43.2 Å². The van der Waals surface area contributed by atoms with Crippen molar-refractivity contribution in [3.8, 4) is 0 Å². The topological polar surface area (TPSA) is 85.8 Å². The molecule has 3 N–H and O–H groups in total. The molecule has 5 rings (SSSR count). The SMILES string of the molecule is Nc1ncnc2c1c(C(=O)c1cccc(NCc3cc(F)ccc3F)c1)cn2C1CCCC1. The fraction of sp³-hybridized carbons (Fsp3) is 0.240. The molecule has 168 valence electrons. The van der Waals surface area contributed by atoms with Crippen LogP contribution < -0.4 is 11.1 Å².